The summed E-state index contributed by atoms with van der Waals surface area (Å²) in [6, 6.07) is 16.1. The quantitative estimate of drug-likeness (QED) is 0.754. The van der Waals surface area contributed by atoms with E-state index in [1.54, 1.807) is 7.11 Å². The van der Waals surface area contributed by atoms with Crippen LogP contribution in [0.4, 0.5) is 0 Å². The van der Waals surface area contributed by atoms with Crippen LogP contribution < -0.4 is 4.74 Å². The smallest absolute Gasteiger partial charge is 0.127 e. The SMILES string of the molecule is COc1cc(S)ccc1-c1ccccc1. The van der Waals surface area contributed by atoms with Crippen molar-refractivity contribution in [3.8, 4) is 16.9 Å². The van der Waals surface area contributed by atoms with E-state index in [-0.39, 0.29) is 0 Å². The topological polar surface area (TPSA) is 9.23 Å². The molecule has 0 saturated heterocycles. The highest BCUT2D eigenvalue weighted by Crippen LogP contribution is 2.31. The molecule has 1 nitrogen and oxygen atoms in total. The first kappa shape index (κ1) is 10.1. The largest absolute Gasteiger partial charge is 0.496 e. The second-order valence-electron chi connectivity index (χ2n) is 3.25. The lowest BCUT2D eigenvalue weighted by atomic mass is 10.1. The predicted molar refractivity (Wildman–Crippen MR) is 65.7 cm³/mol. The van der Waals surface area contributed by atoms with Crippen LogP contribution in [0.1, 0.15) is 0 Å². The number of hydrogen-bond acceptors (Lipinski definition) is 2. The molecule has 0 saturated carbocycles. The normalized spacial score (nSPS) is 10.0. The van der Waals surface area contributed by atoms with E-state index in [1.165, 1.54) is 0 Å². The van der Waals surface area contributed by atoms with Crippen molar-refractivity contribution in [2.75, 3.05) is 7.11 Å². The summed E-state index contributed by atoms with van der Waals surface area (Å²) in [5.41, 5.74) is 2.25. The minimum Gasteiger partial charge on any atom is -0.496 e. The van der Waals surface area contributed by atoms with Crippen LogP contribution in [0.25, 0.3) is 11.1 Å². The zero-order valence-electron chi connectivity index (χ0n) is 8.47. The van der Waals surface area contributed by atoms with E-state index in [9.17, 15) is 0 Å². The number of thiol groups is 1. The van der Waals surface area contributed by atoms with Gasteiger partial charge < -0.3 is 4.74 Å². The molecule has 0 aliphatic heterocycles. The fourth-order valence-electron chi connectivity index (χ4n) is 1.54. The highest BCUT2D eigenvalue weighted by Gasteiger charge is 2.04. The van der Waals surface area contributed by atoms with Crippen molar-refractivity contribution in [1.29, 1.82) is 0 Å². The third-order valence-electron chi connectivity index (χ3n) is 2.27. The van der Waals surface area contributed by atoms with Crippen molar-refractivity contribution in [3.63, 3.8) is 0 Å². The van der Waals surface area contributed by atoms with E-state index < -0.39 is 0 Å². The standard InChI is InChI=1S/C13H12OS/c1-14-13-9-11(15)7-8-12(13)10-5-3-2-4-6-10/h2-9,15H,1H3. The van der Waals surface area contributed by atoms with E-state index >= 15 is 0 Å². The van der Waals surface area contributed by atoms with E-state index in [1.807, 2.05) is 36.4 Å². The van der Waals surface area contributed by atoms with Crippen LogP contribution in [0.15, 0.2) is 53.4 Å². The summed E-state index contributed by atoms with van der Waals surface area (Å²) >= 11 is 4.29. The van der Waals surface area contributed by atoms with E-state index in [4.69, 9.17) is 4.74 Å². The van der Waals surface area contributed by atoms with E-state index in [0.29, 0.717) is 0 Å². The second-order valence-corrected chi connectivity index (χ2v) is 3.77. The first-order chi connectivity index (χ1) is 7.31. The van der Waals surface area contributed by atoms with Gasteiger partial charge in [0.25, 0.3) is 0 Å². The zero-order valence-corrected chi connectivity index (χ0v) is 9.37. The molecule has 0 spiro atoms. The molecule has 2 aromatic carbocycles. The molecule has 15 heavy (non-hydrogen) atoms. The molecule has 0 fully saturated rings. The van der Waals surface area contributed by atoms with Crippen molar-refractivity contribution in [2.24, 2.45) is 0 Å². The van der Waals surface area contributed by atoms with Crippen LogP contribution in [0.3, 0.4) is 0 Å². The van der Waals surface area contributed by atoms with Crippen LogP contribution in [-0.4, -0.2) is 7.11 Å². The summed E-state index contributed by atoms with van der Waals surface area (Å²) in [5, 5.41) is 0. The summed E-state index contributed by atoms with van der Waals surface area (Å²) in [4.78, 5) is 0.909. The first-order valence-corrected chi connectivity index (χ1v) is 5.18. The maximum absolute atomic E-state index is 5.33. The van der Waals surface area contributed by atoms with Gasteiger partial charge in [0.05, 0.1) is 7.11 Å². The van der Waals surface area contributed by atoms with Crippen molar-refractivity contribution in [1.82, 2.24) is 0 Å². The van der Waals surface area contributed by atoms with Gasteiger partial charge in [0.1, 0.15) is 5.75 Å². The van der Waals surface area contributed by atoms with Gasteiger partial charge in [-0.15, -0.1) is 12.6 Å². The molecule has 0 atom stereocenters. The molecule has 0 heterocycles. The van der Waals surface area contributed by atoms with Gasteiger partial charge in [-0.25, -0.2) is 0 Å². The fraction of sp³-hybridized carbons (Fsp3) is 0.0769. The van der Waals surface area contributed by atoms with Gasteiger partial charge in [0.15, 0.2) is 0 Å². The van der Waals surface area contributed by atoms with Crippen molar-refractivity contribution in [2.45, 2.75) is 4.90 Å². The fourth-order valence-corrected chi connectivity index (χ4v) is 1.73. The van der Waals surface area contributed by atoms with Crippen molar-refractivity contribution < 1.29 is 4.74 Å². The average Bonchev–Trinajstić information content (AvgIpc) is 2.30. The van der Waals surface area contributed by atoms with Crippen LogP contribution in [0, 0.1) is 0 Å². The maximum atomic E-state index is 5.33. The Bertz CT molecular complexity index is 451. The van der Waals surface area contributed by atoms with Crippen LogP contribution in [0.2, 0.25) is 0 Å². The minimum atomic E-state index is 0.855. The van der Waals surface area contributed by atoms with Crippen LogP contribution in [-0.2, 0) is 0 Å². The molecule has 0 unspecified atom stereocenters. The zero-order chi connectivity index (χ0) is 10.7. The molecule has 76 valence electrons. The Morgan fingerprint density at radius 1 is 1.00 bits per heavy atom. The molecule has 2 rings (SSSR count). The van der Waals surface area contributed by atoms with Crippen LogP contribution >= 0.6 is 12.6 Å². The summed E-state index contributed by atoms with van der Waals surface area (Å²) in [5.74, 6) is 0.855. The van der Waals surface area contributed by atoms with Gasteiger partial charge in [-0.3, -0.25) is 0 Å². The number of ether oxygens (including phenoxy) is 1. The molecule has 0 amide bonds. The van der Waals surface area contributed by atoms with Gasteiger partial charge in [-0.2, -0.15) is 0 Å². The third-order valence-corrected chi connectivity index (χ3v) is 2.55. The number of methoxy groups -OCH3 is 1. The number of benzene rings is 2. The second kappa shape index (κ2) is 4.41. The molecule has 0 N–H and O–H groups in total. The molecular weight excluding hydrogens is 204 g/mol. The monoisotopic (exact) mass is 216 g/mol. The van der Waals surface area contributed by atoms with Gasteiger partial charge in [0.2, 0.25) is 0 Å². The molecular formula is C13H12OS. The van der Waals surface area contributed by atoms with Crippen molar-refractivity contribution in [3.05, 3.63) is 48.5 Å². The molecule has 2 heteroatoms. The van der Waals surface area contributed by atoms with E-state index in [0.717, 1.165) is 21.8 Å². The predicted octanol–water partition coefficient (Wildman–Crippen LogP) is 3.65. The first-order valence-electron chi connectivity index (χ1n) is 4.73. The Morgan fingerprint density at radius 3 is 2.40 bits per heavy atom. The van der Waals surface area contributed by atoms with Gasteiger partial charge in [-0.05, 0) is 23.8 Å². The van der Waals surface area contributed by atoms with Crippen molar-refractivity contribution >= 4 is 12.6 Å². The highest BCUT2D eigenvalue weighted by atomic mass is 32.1. The Kier molecular flexibility index (Phi) is 2.97. The Morgan fingerprint density at radius 2 is 1.73 bits per heavy atom. The highest BCUT2D eigenvalue weighted by molar-refractivity contribution is 7.80. The average molecular weight is 216 g/mol. The number of hydrogen-bond donors (Lipinski definition) is 1. The lowest BCUT2D eigenvalue weighted by Crippen LogP contribution is -1.87. The Balaban J connectivity index is 2.53. The Labute approximate surface area is 95.1 Å². The molecule has 0 radical (unpaired) electrons. The van der Waals surface area contributed by atoms with Gasteiger partial charge >= 0.3 is 0 Å². The summed E-state index contributed by atoms with van der Waals surface area (Å²) in [6.07, 6.45) is 0. The molecule has 0 bridgehead atoms. The Hall–Kier alpha value is -1.41. The molecule has 0 aromatic heterocycles. The van der Waals surface area contributed by atoms with Gasteiger partial charge in [0, 0.05) is 10.5 Å². The molecule has 0 aliphatic rings. The van der Waals surface area contributed by atoms with Gasteiger partial charge in [-0.1, -0.05) is 30.3 Å². The maximum Gasteiger partial charge on any atom is 0.127 e. The van der Waals surface area contributed by atoms with Crippen LogP contribution in [0.5, 0.6) is 5.75 Å². The lowest BCUT2D eigenvalue weighted by molar-refractivity contribution is 0.415. The minimum absolute atomic E-state index is 0.855. The summed E-state index contributed by atoms with van der Waals surface area (Å²) in [6.45, 7) is 0. The third kappa shape index (κ3) is 2.16. The summed E-state index contributed by atoms with van der Waals surface area (Å²) in [7, 11) is 1.68. The summed E-state index contributed by atoms with van der Waals surface area (Å²) < 4.78 is 5.33. The lowest BCUT2D eigenvalue weighted by Gasteiger charge is -2.08. The molecule has 2 aromatic rings. The molecule has 0 aliphatic carbocycles. The van der Waals surface area contributed by atoms with E-state index in [2.05, 4.69) is 24.8 Å². The number of rotatable bonds is 2.